The van der Waals surface area contributed by atoms with Crippen LogP contribution < -0.4 is 0 Å². The van der Waals surface area contributed by atoms with Gasteiger partial charge in [0.15, 0.2) is 17.3 Å². The van der Waals surface area contributed by atoms with Crippen molar-refractivity contribution >= 4 is 0 Å². The average molecular weight is 274 g/mol. The molecule has 1 aromatic heterocycles. The van der Waals surface area contributed by atoms with Crippen LogP contribution in [0.4, 0.5) is 0 Å². The summed E-state index contributed by atoms with van der Waals surface area (Å²) in [6.45, 7) is 2.26. The predicted octanol–water partition coefficient (Wildman–Crippen LogP) is 3.44. The summed E-state index contributed by atoms with van der Waals surface area (Å²) in [4.78, 5) is 4.44. The molecule has 0 amide bonds. The fourth-order valence-electron chi connectivity index (χ4n) is 2.84. The minimum Gasteiger partial charge on any atom is -0.504 e. The fourth-order valence-corrected chi connectivity index (χ4v) is 2.84. The number of aromatic hydroxyl groups is 2. The molecule has 0 saturated heterocycles. The Morgan fingerprint density at radius 2 is 2.05 bits per heavy atom. The first-order chi connectivity index (χ1) is 9.63. The normalized spacial score (nSPS) is 22.9. The van der Waals surface area contributed by atoms with Gasteiger partial charge in [-0.05, 0) is 37.0 Å². The first-order valence-electron chi connectivity index (χ1n) is 6.99. The van der Waals surface area contributed by atoms with Gasteiger partial charge in [-0.15, -0.1) is 0 Å². The number of benzene rings is 1. The Kier molecular flexibility index (Phi) is 3.34. The Labute approximate surface area is 117 Å². The van der Waals surface area contributed by atoms with Gasteiger partial charge in [-0.25, -0.2) is 0 Å². The van der Waals surface area contributed by atoms with Crippen LogP contribution in [0.3, 0.4) is 0 Å². The van der Waals surface area contributed by atoms with Crippen molar-refractivity contribution in [2.45, 2.75) is 38.5 Å². The van der Waals surface area contributed by atoms with Gasteiger partial charge in [0.2, 0.25) is 0 Å². The number of rotatable bonds is 2. The Hall–Kier alpha value is -2.04. The number of aromatic nitrogens is 2. The molecule has 106 valence electrons. The molecule has 1 aliphatic carbocycles. The lowest BCUT2D eigenvalue weighted by Crippen LogP contribution is -2.12. The summed E-state index contributed by atoms with van der Waals surface area (Å²) in [5, 5.41) is 22.9. The van der Waals surface area contributed by atoms with E-state index in [0.29, 0.717) is 23.3 Å². The summed E-state index contributed by atoms with van der Waals surface area (Å²) >= 11 is 0. The van der Waals surface area contributed by atoms with Crippen LogP contribution in [-0.2, 0) is 0 Å². The molecule has 20 heavy (non-hydrogen) atoms. The molecule has 5 nitrogen and oxygen atoms in total. The molecule has 1 fully saturated rings. The van der Waals surface area contributed by atoms with Crippen molar-refractivity contribution in [3.63, 3.8) is 0 Å². The maximum absolute atomic E-state index is 9.51. The van der Waals surface area contributed by atoms with Crippen molar-refractivity contribution in [2.75, 3.05) is 0 Å². The van der Waals surface area contributed by atoms with Gasteiger partial charge in [0.05, 0.1) is 0 Å². The van der Waals surface area contributed by atoms with Gasteiger partial charge >= 0.3 is 0 Å². The second-order valence-electron chi connectivity index (χ2n) is 5.63. The lowest BCUT2D eigenvalue weighted by molar-refractivity contribution is 0.324. The minimum atomic E-state index is -0.187. The summed E-state index contributed by atoms with van der Waals surface area (Å²) in [5.41, 5.74) is 0.614. The van der Waals surface area contributed by atoms with Crippen LogP contribution in [0.1, 0.15) is 44.3 Å². The third-order valence-electron chi connectivity index (χ3n) is 3.97. The molecule has 3 rings (SSSR count). The summed E-state index contributed by atoms with van der Waals surface area (Å²) in [5.74, 6) is 1.85. The second-order valence-corrected chi connectivity index (χ2v) is 5.63. The highest BCUT2D eigenvalue weighted by Gasteiger charge is 2.25. The van der Waals surface area contributed by atoms with Crippen LogP contribution in [0.15, 0.2) is 22.7 Å². The molecular formula is C15H18N2O3. The third-order valence-corrected chi connectivity index (χ3v) is 3.97. The summed E-state index contributed by atoms with van der Waals surface area (Å²) in [7, 11) is 0. The molecule has 0 radical (unpaired) electrons. The molecule has 1 heterocycles. The Bertz CT molecular complexity index is 609. The highest BCUT2D eigenvalue weighted by atomic mass is 16.5. The molecule has 2 N–H and O–H groups in total. The Morgan fingerprint density at radius 1 is 1.20 bits per heavy atom. The quantitative estimate of drug-likeness (QED) is 0.820. The van der Waals surface area contributed by atoms with E-state index in [1.165, 1.54) is 25.0 Å². The first kappa shape index (κ1) is 13.0. The minimum absolute atomic E-state index is 0.158. The van der Waals surface area contributed by atoms with Crippen molar-refractivity contribution in [1.29, 1.82) is 0 Å². The lowest BCUT2D eigenvalue weighted by atomic mass is 9.82. The monoisotopic (exact) mass is 274 g/mol. The maximum Gasteiger partial charge on any atom is 0.258 e. The van der Waals surface area contributed by atoms with Crippen molar-refractivity contribution < 1.29 is 14.7 Å². The van der Waals surface area contributed by atoms with E-state index in [1.54, 1.807) is 6.07 Å². The molecular weight excluding hydrogens is 256 g/mol. The third kappa shape index (κ3) is 2.48. The van der Waals surface area contributed by atoms with Crippen LogP contribution >= 0.6 is 0 Å². The van der Waals surface area contributed by atoms with E-state index in [1.807, 2.05) is 0 Å². The first-order valence-corrected chi connectivity index (χ1v) is 6.99. The topological polar surface area (TPSA) is 79.4 Å². The van der Waals surface area contributed by atoms with Crippen molar-refractivity contribution in [2.24, 2.45) is 5.92 Å². The van der Waals surface area contributed by atoms with Gasteiger partial charge < -0.3 is 14.7 Å². The molecule has 2 unspecified atom stereocenters. The van der Waals surface area contributed by atoms with E-state index in [9.17, 15) is 10.2 Å². The van der Waals surface area contributed by atoms with E-state index in [-0.39, 0.29) is 11.5 Å². The van der Waals surface area contributed by atoms with Gasteiger partial charge in [0.1, 0.15) is 0 Å². The molecule has 0 spiro atoms. The van der Waals surface area contributed by atoms with Gasteiger partial charge in [0.25, 0.3) is 5.89 Å². The molecule has 1 saturated carbocycles. The predicted molar refractivity (Wildman–Crippen MR) is 73.4 cm³/mol. The SMILES string of the molecule is CC1CCCC(c2noc(-c3ccc(O)c(O)c3)n2)C1. The largest absolute Gasteiger partial charge is 0.504 e. The highest BCUT2D eigenvalue weighted by molar-refractivity contribution is 5.58. The van der Waals surface area contributed by atoms with Crippen molar-refractivity contribution in [3.8, 4) is 23.0 Å². The number of phenols is 2. The Morgan fingerprint density at radius 3 is 2.80 bits per heavy atom. The van der Waals surface area contributed by atoms with E-state index in [4.69, 9.17) is 4.52 Å². The molecule has 0 aliphatic heterocycles. The van der Waals surface area contributed by atoms with Crippen LogP contribution in [0.5, 0.6) is 11.5 Å². The van der Waals surface area contributed by atoms with Crippen molar-refractivity contribution in [1.82, 2.24) is 10.1 Å². The standard InChI is InChI=1S/C15H18N2O3/c1-9-3-2-4-10(7-9)14-16-15(20-17-14)11-5-6-12(18)13(19)8-11/h5-6,8-10,18-19H,2-4,7H2,1H3. The van der Waals surface area contributed by atoms with Crippen LogP contribution in [0, 0.1) is 5.92 Å². The Balaban J connectivity index is 1.84. The van der Waals surface area contributed by atoms with Crippen LogP contribution in [0.25, 0.3) is 11.5 Å². The summed E-state index contributed by atoms with van der Waals surface area (Å²) < 4.78 is 5.28. The van der Waals surface area contributed by atoms with E-state index in [0.717, 1.165) is 18.7 Å². The average Bonchev–Trinajstić information content (AvgIpc) is 2.92. The smallest absolute Gasteiger partial charge is 0.258 e. The number of hydrogen-bond acceptors (Lipinski definition) is 5. The highest BCUT2D eigenvalue weighted by Crippen LogP contribution is 2.36. The molecule has 1 aromatic carbocycles. The zero-order chi connectivity index (χ0) is 14.1. The van der Waals surface area contributed by atoms with Crippen LogP contribution in [0.2, 0.25) is 0 Å². The van der Waals surface area contributed by atoms with Crippen LogP contribution in [-0.4, -0.2) is 20.4 Å². The molecule has 2 aromatic rings. The summed E-state index contributed by atoms with van der Waals surface area (Å²) in [6.07, 6.45) is 4.67. The number of phenolic OH excluding ortho intramolecular Hbond substituents is 2. The number of hydrogen-bond donors (Lipinski definition) is 2. The van der Waals surface area contributed by atoms with E-state index >= 15 is 0 Å². The van der Waals surface area contributed by atoms with Gasteiger partial charge in [-0.1, -0.05) is 24.9 Å². The van der Waals surface area contributed by atoms with Gasteiger partial charge in [0, 0.05) is 11.5 Å². The maximum atomic E-state index is 9.51. The number of nitrogens with zero attached hydrogens (tertiary/aromatic N) is 2. The molecule has 2 atom stereocenters. The summed E-state index contributed by atoms with van der Waals surface area (Å²) in [6, 6.07) is 4.49. The van der Waals surface area contributed by atoms with Gasteiger partial charge in [-0.2, -0.15) is 4.98 Å². The van der Waals surface area contributed by atoms with Gasteiger partial charge in [-0.3, -0.25) is 0 Å². The molecule has 5 heteroatoms. The fraction of sp³-hybridized carbons (Fsp3) is 0.467. The lowest BCUT2D eigenvalue weighted by Gasteiger charge is -2.23. The van der Waals surface area contributed by atoms with E-state index in [2.05, 4.69) is 17.1 Å². The molecule has 1 aliphatic rings. The zero-order valence-electron chi connectivity index (χ0n) is 11.4. The van der Waals surface area contributed by atoms with E-state index < -0.39 is 0 Å². The molecule has 0 bridgehead atoms. The zero-order valence-corrected chi connectivity index (χ0v) is 11.4. The second kappa shape index (κ2) is 5.15. The van der Waals surface area contributed by atoms with Crippen molar-refractivity contribution in [3.05, 3.63) is 24.0 Å².